The fraction of sp³-hybridized carbons (Fsp3) is 0.0833. The minimum absolute atomic E-state index is 0.210. The molecule has 6 nitrogen and oxygen atoms in total. The van der Waals surface area contributed by atoms with Gasteiger partial charge in [0, 0.05) is 17.8 Å². The normalized spacial score (nSPS) is 13.6. The molecule has 150 valence electrons. The molecular formula is C24H20N2O4. The first-order valence-electron chi connectivity index (χ1n) is 9.36. The van der Waals surface area contributed by atoms with Crippen LogP contribution >= 0.6 is 0 Å². The van der Waals surface area contributed by atoms with E-state index in [1.54, 1.807) is 37.4 Å². The van der Waals surface area contributed by atoms with Gasteiger partial charge in [0.05, 0.1) is 25.5 Å². The number of carbonyl (C=O) groups excluding carboxylic acids is 2. The summed E-state index contributed by atoms with van der Waals surface area (Å²) < 4.78 is 10.5. The molecule has 2 amide bonds. The third-order valence-electron chi connectivity index (χ3n) is 4.80. The maximum absolute atomic E-state index is 13.4. The van der Waals surface area contributed by atoms with E-state index in [9.17, 15) is 9.59 Å². The van der Waals surface area contributed by atoms with Gasteiger partial charge in [-0.1, -0.05) is 42.5 Å². The smallest absolute Gasteiger partial charge is 0.282 e. The Bertz CT molecular complexity index is 1140. The van der Waals surface area contributed by atoms with Crippen LogP contribution in [0.5, 0.6) is 11.5 Å². The molecule has 1 aliphatic heterocycles. The fourth-order valence-corrected chi connectivity index (χ4v) is 3.35. The Morgan fingerprint density at radius 3 is 2.10 bits per heavy atom. The number of methoxy groups -OCH3 is 2. The Hall–Kier alpha value is -4.06. The summed E-state index contributed by atoms with van der Waals surface area (Å²) in [5.74, 6) is 0.367. The van der Waals surface area contributed by atoms with Crippen molar-refractivity contribution in [2.45, 2.75) is 0 Å². The molecular weight excluding hydrogens is 380 g/mol. The average Bonchev–Trinajstić information content (AvgIpc) is 3.03. The first kappa shape index (κ1) is 19.3. The maximum Gasteiger partial charge on any atom is 0.282 e. The number of imide groups is 1. The van der Waals surface area contributed by atoms with Gasteiger partial charge in [0.25, 0.3) is 11.8 Å². The molecule has 30 heavy (non-hydrogen) atoms. The van der Waals surface area contributed by atoms with E-state index in [4.69, 9.17) is 9.47 Å². The summed E-state index contributed by atoms with van der Waals surface area (Å²) in [6, 6.07) is 23.2. The highest BCUT2D eigenvalue weighted by Gasteiger charge is 2.40. The van der Waals surface area contributed by atoms with Crippen LogP contribution in [0.15, 0.2) is 84.6 Å². The van der Waals surface area contributed by atoms with E-state index >= 15 is 0 Å². The van der Waals surface area contributed by atoms with Gasteiger partial charge >= 0.3 is 0 Å². The highest BCUT2D eigenvalue weighted by atomic mass is 16.5. The van der Waals surface area contributed by atoms with E-state index in [1.807, 2.05) is 48.5 Å². The van der Waals surface area contributed by atoms with Gasteiger partial charge < -0.3 is 14.8 Å². The molecule has 0 saturated carbocycles. The first-order chi connectivity index (χ1) is 14.6. The lowest BCUT2D eigenvalue weighted by Crippen LogP contribution is -2.32. The van der Waals surface area contributed by atoms with Crippen molar-refractivity contribution < 1.29 is 19.1 Å². The lowest BCUT2D eigenvalue weighted by atomic mass is 10.0. The predicted octanol–water partition coefficient (Wildman–Crippen LogP) is 4.10. The second kappa shape index (κ2) is 8.13. The predicted molar refractivity (Wildman–Crippen MR) is 115 cm³/mol. The van der Waals surface area contributed by atoms with Crippen molar-refractivity contribution in [1.29, 1.82) is 0 Å². The number of ether oxygens (including phenoxy) is 2. The maximum atomic E-state index is 13.4. The number of nitrogens with one attached hydrogen (secondary N) is 1. The van der Waals surface area contributed by atoms with Crippen molar-refractivity contribution >= 4 is 28.8 Å². The Morgan fingerprint density at radius 1 is 0.733 bits per heavy atom. The quantitative estimate of drug-likeness (QED) is 0.631. The van der Waals surface area contributed by atoms with Gasteiger partial charge in [0.1, 0.15) is 17.2 Å². The standard InChI is InChI=1S/C24H20N2O4/c1-29-19-12-6-10-17(14-19)25-22-21(16-8-4-3-5-9-16)23(27)26(24(22)28)18-11-7-13-20(15-18)30-2/h3-15,25H,1-2H3. The minimum Gasteiger partial charge on any atom is -0.497 e. The summed E-state index contributed by atoms with van der Waals surface area (Å²) in [7, 11) is 3.11. The van der Waals surface area contributed by atoms with E-state index in [1.165, 1.54) is 7.11 Å². The summed E-state index contributed by atoms with van der Waals surface area (Å²) in [5, 5.41) is 3.13. The van der Waals surface area contributed by atoms with Gasteiger partial charge in [0.15, 0.2) is 0 Å². The SMILES string of the molecule is COc1cccc(NC2=C(c3ccccc3)C(=O)N(c3cccc(OC)c3)C2=O)c1. The molecule has 0 fully saturated rings. The monoisotopic (exact) mass is 400 g/mol. The summed E-state index contributed by atoms with van der Waals surface area (Å²) >= 11 is 0. The van der Waals surface area contributed by atoms with Gasteiger partial charge in [-0.15, -0.1) is 0 Å². The Morgan fingerprint density at radius 2 is 1.40 bits per heavy atom. The van der Waals surface area contributed by atoms with Gasteiger partial charge in [-0.2, -0.15) is 0 Å². The van der Waals surface area contributed by atoms with Crippen LogP contribution in [0.2, 0.25) is 0 Å². The van der Waals surface area contributed by atoms with E-state index in [0.29, 0.717) is 34.0 Å². The number of amides is 2. The molecule has 4 rings (SSSR count). The van der Waals surface area contributed by atoms with E-state index in [2.05, 4.69) is 5.32 Å². The number of nitrogens with zero attached hydrogens (tertiary/aromatic N) is 1. The van der Waals surface area contributed by atoms with Crippen LogP contribution in [-0.2, 0) is 9.59 Å². The minimum atomic E-state index is -0.435. The summed E-state index contributed by atoms with van der Waals surface area (Å²) in [4.78, 5) is 27.9. The van der Waals surface area contributed by atoms with Gasteiger partial charge in [-0.25, -0.2) is 4.90 Å². The van der Waals surface area contributed by atoms with E-state index in [0.717, 1.165) is 4.90 Å². The lowest BCUT2D eigenvalue weighted by molar-refractivity contribution is -0.120. The number of hydrogen-bond donors (Lipinski definition) is 1. The van der Waals surface area contributed by atoms with Crippen molar-refractivity contribution in [2.75, 3.05) is 24.4 Å². The highest BCUT2D eigenvalue weighted by Crippen LogP contribution is 2.35. The molecule has 6 heteroatoms. The molecule has 0 saturated heterocycles. The molecule has 0 aromatic heterocycles. The van der Waals surface area contributed by atoms with E-state index < -0.39 is 11.8 Å². The van der Waals surface area contributed by atoms with Crippen molar-refractivity contribution in [1.82, 2.24) is 0 Å². The van der Waals surface area contributed by atoms with Crippen LogP contribution in [0.25, 0.3) is 5.57 Å². The molecule has 0 atom stereocenters. The number of benzene rings is 3. The zero-order valence-corrected chi connectivity index (χ0v) is 16.6. The Kier molecular flexibility index (Phi) is 5.22. The van der Waals surface area contributed by atoms with Gasteiger partial charge in [-0.05, 0) is 29.8 Å². The number of hydrogen-bond acceptors (Lipinski definition) is 5. The molecule has 3 aromatic rings. The largest absolute Gasteiger partial charge is 0.497 e. The van der Waals surface area contributed by atoms with Crippen molar-refractivity contribution in [3.63, 3.8) is 0 Å². The molecule has 1 heterocycles. The second-order valence-corrected chi connectivity index (χ2v) is 6.62. The van der Waals surface area contributed by atoms with E-state index in [-0.39, 0.29) is 5.70 Å². The number of anilines is 2. The molecule has 0 bridgehead atoms. The molecule has 3 aromatic carbocycles. The summed E-state index contributed by atoms with van der Waals surface area (Å²) in [6.07, 6.45) is 0. The number of rotatable bonds is 6. The van der Waals surface area contributed by atoms with Crippen LogP contribution in [0, 0.1) is 0 Å². The Balaban J connectivity index is 1.80. The molecule has 0 radical (unpaired) electrons. The second-order valence-electron chi connectivity index (χ2n) is 6.62. The van der Waals surface area contributed by atoms with Gasteiger partial charge in [-0.3, -0.25) is 9.59 Å². The van der Waals surface area contributed by atoms with Gasteiger partial charge in [0.2, 0.25) is 0 Å². The highest BCUT2D eigenvalue weighted by molar-refractivity contribution is 6.46. The topological polar surface area (TPSA) is 67.9 Å². The van der Waals surface area contributed by atoms with Crippen LogP contribution < -0.4 is 19.7 Å². The van der Waals surface area contributed by atoms with Crippen LogP contribution in [0.4, 0.5) is 11.4 Å². The molecule has 0 spiro atoms. The third kappa shape index (κ3) is 3.51. The first-order valence-corrected chi connectivity index (χ1v) is 9.36. The van der Waals surface area contributed by atoms with Crippen LogP contribution in [0.1, 0.15) is 5.56 Å². The molecule has 0 aliphatic carbocycles. The lowest BCUT2D eigenvalue weighted by Gasteiger charge is -2.16. The molecule has 0 unspecified atom stereocenters. The third-order valence-corrected chi connectivity index (χ3v) is 4.80. The fourth-order valence-electron chi connectivity index (χ4n) is 3.35. The van der Waals surface area contributed by atoms with Crippen LogP contribution in [-0.4, -0.2) is 26.0 Å². The zero-order valence-electron chi connectivity index (χ0n) is 16.6. The summed E-state index contributed by atoms with van der Waals surface area (Å²) in [6.45, 7) is 0. The number of carbonyl (C=O) groups is 2. The average molecular weight is 400 g/mol. The van der Waals surface area contributed by atoms with Crippen LogP contribution in [0.3, 0.4) is 0 Å². The zero-order chi connectivity index (χ0) is 21.1. The Labute approximate surface area is 174 Å². The molecule has 1 N–H and O–H groups in total. The summed E-state index contributed by atoms with van der Waals surface area (Å²) in [5.41, 5.74) is 2.27. The van der Waals surface area contributed by atoms with Crippen molar-refractivity contribution in [3.8, 4) is 11.5 Å². The molecule has 1 aliphatic rings. The van der Waals surface area contributed by atoms with Crippen molar-refractivity contribution in [3.05, 3.63) is 90.1 Å². The van der Waals surface area contributed by atoms with Crippen molar-refractivity contribution in [2.24, 2.45) is 0 Å².